The molecule has 4 nitrogen and oxygen atoms in total. The number of benzene rings is 2. The highest BCUT2D eigenvalue weighted by atomic mass is 32.1. The van der Waals surface area contributed by atoms with Crippen LogP contribution >= 0.6 is 12.2 Å². The predicted octanol–water partition coefficient (Wildman–Crippen LogP) is 4.84. The Balaban J connectivity index is 1.70. The molecule has 0 fully saturated rings. The molecule has 2 rings (SSSR count). The number of carbonyl (C=O) groups is 1. The predicted molar refractivity (Wildman–Crippen MR) is 114 cm³/mol. The van der Waals surface area contributed by atoms with Gasteiger partial charge in [0.1, 0.15) is 5.75 Å². The number of amides is 1. The van der Waals surface area contributed by atoms with Crippen LogP contribution in [0.1, 0.15) is 54.9 Å². The second kappa shape index (κ2) is 12.1. The average molecular weight is 385 g/mol. The summed E-state index contributed by atoms with van der Waals surface area (Å²) in [4.78, 5) is 12.3. The van der Waals surface area contributed by atoms with Crippen molar-refractivity contribution in [3.05, 3.63) is 65.7 Å². The summed E-state index contributed by atoms with van der Waals surface area (Å²) in [6, 6.07) is 17.0. The molecule has 0 aliphatic rings. The maximum absolute atomic E-state index is 12.3. The fraction of sp³-hybridized carbons (Fsp3) is 0.364. The summed E-state index contributed by atoms with van der Waals surface area (Å²) in [5.41, 5.74) is 1.65. The Kier molecular flexibility index (Phi) is 9.35. The molecule has 1 amide bonds. The number of ether oxygens (including phenoxy) is 1. The van der Waals surface area contributed by atoms with Crippen molar-refractivity contribution in [2.45, 2.75) is 45.6 Å². The molecule has 0 unspecified atom stereocenters. The normalized spacial score (nSPS) is 10.3. The summed E-state index contributed by atoms with van der Waals surface area (Å²) in [7, 11) is 0. The van der Waals surface area contributed by atoms with Crippen LogP contribution in [-0.4, -0.2) is 17.6 Å². The van der Waals surface area contributed by atoms with E-state index in [-0.39, 0.29) is 5.91 Å². The highest BCUT2D eigenvalue weighted by Crippen LogP contribution is 2.13. The monoisotopic (exact) mass is 384 g/mol. The summed E-state index contributed by atoms with van der Waals surface area (Å²) in [5, 5.41) is 6.05. The summed E-state index contributed by atoms with van der Waals surface area (Å²) in [5.74, 6) is 0.554. The van der Waals surface area contributed by atoms with Gasteiger partial charge in [-0.15, -0.1) is 0 Å². The first kappa shape index (κ1) is 20.9. The molecule has 0 aliphatic heterocycles. The smallest absolute Gasteiger partial charge is 0.257 e. The standard InChI is InChI=1S/C22H28N2O2S/c1-2-3-4-5-9-16-26-20-14-12-19(13-15-20)21(25)24-22(27)23-17-18-10-7-6-8-11-18/h6-8,10-15H,2-5,9,16-17H2,1H3,(H2,23,24,25,27). The van der Waals surface area contributed by atoms with Gasteiger partial charge in [0.15, 0.2) is 5.11 Å². The highest BCUT2D eigenvalue weighted by Gasteiger charge is 2.08. The van der Waals surface area contributed by atoms with Crippen molar-refractivity contribution >= 4 is 23.2 Å². The van der Waals surface area contributed by atoms with Crippen LogP contribution in [0.2, 0.25) is 0 Å². The maximum atomic E-state index is 12.3. The number of hydrogen-bond donors (Lipinski definition) is 2. The Morgan fingerprint density at radius 3 is 2.37 bits per heavy atom. The van der Waals surface area contributed by atoms with E-state index in [0.29, 0.717) is 23.8 Å². The minimum Gasteiger partial charge on any atom is -0.494 e. The van der Waals surface area contributed by atoms with Gasteiger partial charge in [-0.05, 0) is 48.5 Å². The van der Waals surface area contributed by atoms with Gasteiger partial charge in [-0.25, -0.2) is 0 Å². The zero-order chi connectivity index (χ0) is 19.3. The van der Waals surface area contributed by atoms with Crippen molar-refractivity contribution in [1.82, 2.24) is 10.6 Å². The number of carbonyl (C=O) groups excluding carboxylic acids is 1. The molecule has 2 aromatic rings. The summed E-state index contributed by atoms with van der Waals surface area (Å²) in [6.45, 7) is 3.49. The van der Waals surface area contributed by atoms with Crippen LogP contribution in [0.5, 0.6) is 5.75 Å². The number of unbranched alkanes of at least 4 members (excludes halogenated alkanes) is 4. The van der Waals surface area contributed by atoms with Crippen molar-refractivity contribution in [2.75, 3.05) is 6.61 Å². The third-order valence-electron chi connectivity index (χ3n) is 4.16. The van der Waals surface area contributed by atoms with Gasteiger partial charge >= 0.3 is 0 Å². The quantitative estimate of drug-likeness (QED) is 0.455. The number of thiocarbonyl (C=S) groups is 1. The minimum atomic E-state index is -0.230. The van der Waals surface area contributed by atoms with Crippen molar-refractivity contribution in [3.8, 4) is 5.75 Å². The summed E-state index contributed by atoms with van der Waals surface area (Å²) >= 11 is 5.19. The third-order valence-corrected chi connectivity index (χ3v) is 4.40. The Morgan fingerprint density at radius 1 is 0.963 bits per heavy atom. The lowest BCUT2D eigenvalue weighted by molar-refractivity contribution is 0.0976. The molecule has 0 heterocycles. The van der Waals surface area contributed by atoms with Crippen LogP contribution in [0.3, 0.4) is 0 Å². The molecule has 0 saturated carbocycles. The molecule has 0 aliphatic carbocycles. The molecule has 0 saturated heterocycles. The fourth-order valence-electron chi connectivity index (χ4n) is 2.60. The zero-order valence-electron chi connectivity index (χ0n) is 15.9. The summed E-state index contributed by atoms with van der Waals surface area (Å²) < 4.78 is 5.72. The van der Waals surface area contributed by atoms with Gasteiger partial charge in [0.05, 0.1) is 6.61 Å². The van der Waals surface area contributed by atoms with E-state index in [9.17, 15) is 4.79 Å². The minimum absolute atomic E-state index is 0.230. The van der Waals surface area contributed by atoms with Gasteiger partial charge in [-0.2, -0.15) is 0 Å². The van der Waals surface area contributed by atoms with E-state index in [4.69, 9.17) is 17.0 Å². The molecule has 0 aromatic heterocycles. The van der Waals surface area contributed by atoms with E-state index in [1.807, 2.05) is 42.5 Å². The topological polar surface area (TPSA) is 50.4 Å². The Labute approximate surface area is 167 Å². The number of nitrogens with one attached hydrogen (secondary N) is 2. The average Bonchev–Trinajstić information content (AvgIpc) is 2.70. The second-order valence-electron chi connectivity index (χ2n) is 6.41. The highest BCUT2D eigenvalue weighted by molar-refractivity contribution is 7.80. The van der Waals surface area contributed by atoms with E-state index in [1.165, 1.54) is 25.7 Å². The number of hydrogen-bond acceptors (Lipinski definition) is 3. The van der Waals surface area contributed by atoms with Gasteiger partial charge in [-0.1, -0.05) is 62.9 Å². The van der Waals surface area contributed by atoms with Crippen LogP contribution in [-0.2, 0) is 6.54 Å². The zero-order valence-corrected chi connectivity index (χ0v) is 16.7. The molecule has 0 atom stereocenters. The molecular weight excluding hydrogens is 356 g/mol. The van der Waals surface area contributed by atoms with E-state index < -0.39 is 0 Å². The van der Waals surface area contributed by atoms with Crippen LogP contribution < -0.4 is 15.4 Å². The molecule has 2 N–H and O–H groups in total. The first-order chi connectivity index (χ1) is 13.2. The molecule has 5 heteroatoms. The first-order valence-electron chi connectivity index (χ1n) is 9.55. The fourth-order valence-corrected chi connectivity index (χ4v) is 2.76. The summed E-state index contributed by atoms with van der Waals surface area (Å²) in [6.07, 6.45) is 6.05. The molecular formula is C22H28N2O2S. The van der Waals surface area contributed by atoms with E-state index >= 15 is 0 Å². The van der Waals surface area contributed by atoms with E-state index in [1.54, 1.807) is 12.1 Å². The molecule has 0 radical (unpaired) electrons. The largest absolute Gasteiger partial charge is 0.494 e. The number of rotatable bonds is 10. The third kappa shape index (κ3) is 8.22. The van der Waals surface area contributed by atoms with Crippen LogP contribution in [0.15, 0.2) is 54.6 Å². The Morgan fingerprint density at radius 2 is 1.67 bits per heavy atom. The Hall–Kier alpha value is -2.40. The van der Waals surface area contributed by atoms with Crippen LogP contribution in [0, 0.1) is 0 Å². The second-order valence-corrected chi connectivity index (χ2v) is 6.82. The van der Waals surface area contributed by atoms with Gasteiger partial charge in [-0.3, -0.25) is 10.1 Å². The van der Waals surface area contributed by atoms with Gasteiger partial charge in [0.25, 0.3) is 5.91 Å². The van der Waals surface area contributed by atoms with Gasteiger partial charge in [0, 0.05) is 12.1 Å². The lowest BCUT2D eigenvalue weighted by atomic mass is 10.2. The van der Waals surface area contributed by atoms with Crippen molar-refractivity contribution < 1.29 is 9.53 Å². The van der Waals surface area contributed by atoms with E-state index in [2.05, 4.69) is 17.6 Å². The molecule has 144 valence electrons. The lowest BCUT2D eigenvalue weighted by Crippen LogP contribution is -2.38. The van der Waals surface area contributed by atoms with Crippen LogP contribution in [0.25, 0.3) is 0 Å². The SMILES string of the molecule is CCCCCCCOc1ccc(C(=O)NC(=S)NCc2ccccc2)cc1. The van der Waals surface area contributed by atoms with Crippen molar-refractivity contribution in [3.63, 3.8) is 0 Å². The lowest BCUT2D eigenvalue weighted by Gasteiger charge is -2.10. The van der Waals surface area contributed by atoms with Gasteiger partial charge in [0.2, 0.25) is 0 Å². The molecule has 2 aromatic carbocycles. The molecule has 0 spiro atoms. The molecule has 0 bridgehead atoms. The van der Waals surface area contributed by atoms with E-state index in [0.717, 1.165) is 17.7 Å². The van der Waals surface area contributed by atoms with Crippen molar-refractivity contribution in [1.29, 1.82) is 0 Å². The van der Waals surface area contributed by atoms with Crippen molar-refractivity contribution in [2.24, 2.45) is 0 Å². The first-order valence-corrected chi connectivity index (χ1v) is 9.96. The van der Waals surface area contributed by atoms with Crippen LogP contribution in [0.4, 0.5) is 0 Å². The Bertz CT molecular complexity index is 702. The van der Waals surface area contributed by atoms with Gasteiger partial charge < -0.3 is 10.1 Å². The maximum Gasteiger partial charge on any atom is 0.257 e. The molecule has 27 heavy (non-hydrogen) atoms.